The van der Waals surface area contributed by atoms with Crippen LogP contribution in [-0.2, 0) is 6.54 Å². The van der Waals surface area contributed by atoms with Crippen molar-refractivity contribution in [1.29, 1.82) is 0 Å². The summed E-state index contributed by atoms with van der Waals surface area (Å²) in [7, 11) is 0. The predicted molar refractivity (Wildman–Crippen MR) is 121 cm³/mol. The highest BCUT2D eigenvalue weighted by Gasteiger charge is 2.33. The second-order valence-corrected chi connectivity index (χ2v) is 8.43. The van der Waals surface area contributed by atoms with E-state index < -0.39 is 0 Å². The summed E-state index contributed by atoms with van der Waals surface area (Å²) in [6.45, 7) is 8.98. The molecule has 0 radical (unpaired) electrons. The smallest absolute Gasteiger partial charge is 0.257 e. The minimum Gasteiger partial charge on any atom is -0.493 e. The van der Waals surface area contributed by atoms with Gasteiger partial charge >= 0.3 is 0 Å². The Morgan fingerprint density at radius 3 is 2.73 bits per heavy atom. The van der Waals surface area contributed by atoms with Crippen molar-refractivity contribution in [3.63, 3.8) is 0 Å². The van der Waals surface area contributed by atoms with Crippen LogP contribution in [0.3, 0.4) is 0 Å². The molecule has 2 atom stereocenters. The molecule has 1 amide bonds. The number of hydrogen-bond donors (Lipinski definition) is 1. The SMILES string of the molecule is CCOc1cc2[nH]ccc2cc1C(=O)N1C[C@H](C)N(Cc2ccccc2Cl)C[C@H]1C. The number of hydrogen-bond acceptors (Lipinski definition) is 3. The second-order valence-electron chi connectivity index (χ2n) is 8.02. The Morgan fingerprint density at radius 1 is 1.17 bits per heavy atom. The topological polar surface area (TPSA) is 48.6 Å². The van der Waals surface area contributed by atoms with Crippen LogP contribution in [0.4, 0.5) is 0 Å². The van der Waals surface area contributed by atoms with Crippen molar-refractivity contribution in [2.24, 2.45) is 0 Å². The van der Waals surface area contributed by atoms with Crippen molar-refractivity contribution in [2.45, 2.75) is 39.4 Å². The van der Waals surface area contributed by atoms with E-state index in [4.69, 9.17) is 16.3 Å². The molecule has 1 saturated heterocycles. The van der Waals surface area contributed by atoms with Gasteiger partial charge in [-0.05, 0) is 44.5 Å². The average Bonchev–Trinajstić information content (AvgIpc) is 3.18. The van der Waals surface area contributed by atoms with E-state index in [1.165, 1.54) is 0 Å². The molecule has 1 fully saturated rings. The fraction of sp³-hybridized carbons (Fsp3) is 0.375. The summed E-state index contributed by atoms with van der Waals surface area (Å²) in [5.41, 5.74) is 2.72. The van der Waals surface area contributed by atoms with Crippen LogP contribution in [-0.4, -0.2) is 52.5 Å². The lowest BCUT2D eigenvalue weighted by molar-refractivity contribution is 0.0288. The first kappa shape index (κ1) is 20.8. The van der Waals surface area contributed by atoms with Crippen molar-refractivity contribution in [1.82, 2.24) is 14.8 Å². The van der Waals surface area contributed by atoms with Gasteiger partial charge in [-0.3, -0.25) is 9.69 Å². The summed E-state index contributed by atoms with van der Waals surface area (Å²) < 4.78 is 5.81. The zero-order valence-electron chi connectivity index (χ0n) is 17.7. The van der Waals surface area contributed by atoms with E-state index in [1.54, 1.807) is 0 Å². The first-order valence-corrected chi connectivity index (χ1v) is 10.9. The lowest BCUT2D eigenvalue weighted by Gasteiger charge is -2.44. The van der Waals surface area contributed by atoms with Gasteiger partial charge in [0.1, 0.15) is 5.75 Å². The van der Waals surface area contributed by atoms with Gasteiger partial charge in [0.2, 0.25) is 0 Å². The number of fused-ring (bicyclic) bond motifs is 1. The number of ether oxygens (including phenoxy) is 1. The van der Waals surface area contributed by atoms with Gasteiger partial charge in [0.25, 0.3) is 5.91 Å². The molecule has 1 aliphatic rings. The van der Waals surface area contributed by atoms with Crippen LogP contribution in [0, 0.1) is 0 Å². The number of aromatic amines is 1. The van der Waals surface area contributed by atoms with Crippen molar-refractivity contribution in [3.05, 3.63) is 64.8 Å². The van der Waals surface area contributed by atoms with E-state index in [9.17, 15) is 4.79 Å². The number of piperazine rings is 1. The number of benzene rings is 2. The number of H-pyrrole nitrogens is 1. The highest BCUT2D eigenvalue weighted by atomic mass is 35.5. The average molecular weight is 426 g/mol. The van der Waals surface area contributed by atoms with Crippen molar-refractivity contribution in [2.75, 3.05) is 19.7 Å². The van der Waals surface area contributed by atoms with E-state index in [-0.39, 0.29) is 18.0 Å². The van der Waals surface area contributed by atoms with Gasteiger partial charge in [0.15, 0.2) is 0 Å². The Bertz CT molecular complexity index is 1050. The molecule has 1 N–H and O–H groups in total. The van der Waals surface area contributed by atoms with E-state index in [0.717, 1.165) is 34.6 Å². The molecule has 0 spiro atoms. The van der Waals surface area contributed by atoms with Crippen LogP contribution in [0.1, 0.15) is 36.7 Å². The van der Waals surface area contributed by atoms with Gasteiger partial charge in [-0.25, -0.2) is 0 Å². The standard InChI is InChI=1S/C24H28ClN3O2/c1-4-30-23-12-22-18(9-10-26-22)11-20(23)24(29)28-14-16(2)27(13-17(28)3)15-19-7-5-6-8-21(19)25/h5-12,16-17,26H,4,13-15H2,1-3H3/t16-,17+/m0/s1. The molecule has 0 bridgehead atoms. The van der Waals surface area contributed by atoms with Crippen molar-refractivity contribution >= 4 is 28.4 Å². The number of halogens is 1. The fourth-order valence-electron chi connectivity index (χ4n) is 4.22. The summed E-state index contributed by atoms with van der Waals surface area (Å²) in [5, 5.41) is 1.80. The molecule has 5 nitrogen and oxygen atoms in total. The highest BCUT2D eigenvalue weighted by molar-refractivity contribution is 6.31. The second kappa shape index (κ2) is 8.70. The molecule has 3 aromatic rings. The van der Waals surface area contributed by atoms with Crippen LogP contribution in [0.25, 0.3) is 10.9 Å². The Morgan fingerprint density at radius 2 is 1.97 bits per heavy atom. The molecule has 0 unspecified atom stereocenters. The number of carbonyl (C=O) groups excluding carboxylic acids is 1. The Balaban J connectivity index is 1.55. The summed E-state index contributed by atoms with van der Waals surface area (Å²) in [6, 6.07) is 14.1. The maximum atomic E-state index is 13.5. The van der Waals surface area contributed by atoms with E-state index in [0.29, 0.717) is 24.5 Å². The first-order valence-electron chi connectivity index (χ1n) is 10.5. The number of nitrogens with zero attached hydrogens (tertiary/aromatic N) is 2. The molecule has 4 rings (SSSR count). The Kier molecular flexibility index (Phi) is 6.02. The quantitative estimate of drug-likeness (QED) is 0.628. The van der Waals surface area contributed by atoms with Gasteiger partial charge in [0, 0.05) is 59.9 Å². The number of rotatable bonds is 5. The molecule has 30 heavy (non-hydrogen) atoms. The largest absolute Gasteiger partial charge is 0.493 e. The van der Waals surface area contributed by atoms with Crippen molar-refractivity contribution in [3.8, 4) is 5.75 Å². The van der Waals surface area contributed by atoms with E-state index >= 15 is 0 Å². The van der Waals surface area contributed by atoms with Gasteiger partial charge in [-0.1, -0.05) is 29.8 Å². The molecule has 1 aliphatic heterocycles. The highest BCUT2D eigenvalue weighted by Crippen LogP contribution is 2.29. The van der Waals surface area contributed by atoms with Crippen LogP contribution in [0.2, 0.25) is 5.02 Å². The van der Waals surface area contributed by atoms with E-state index in [1.807, 2.05) is 54.4 Å². The number of nitrogens with one attached hydrogen (secondary N) is 1. The lowest BCUT2D eigenvalue weighted by atomic mass is 10.0. The minimum atomic E-state index is 0.0262. The summed E-state index contributed by atoms with van der Waals surface area (Å²) in [4.78, 5) is 21.1. The summed E-state index contributed by atoms with van der Waals surface area (Å²) in [6.07, 6.45) is 1.88. The number of aromatic nitrogens is 1. The van der Waals surface area contributed by atoms with Gasteiger partial charge in [-0.2, -0.15) is 0 Å². The third-order valence-electron chi connectivity index (χ3n) is 5.89. The number of amides is 1. The summed E-state index contributed by atoms with van der Waals surface area (Å²) >= 11 is 6.36. The minimum absolute atomic E-state index is 0.0262. The van der Waals surface area contributed by atoms with Gasteiger partial charge in [0.05, 0.1) is 12.2 Å². The molecule has 158 valence electrons. The molecule has 6 heteroatoms. The van der Waals surface area contributed by atoms with Crippen LogP contribution >= 0.6 is 11.6 Å². The molecule has 1 aromatic heterocycles. The maximum Gasteiger partial charge on any atom is 0.257 e. The zero-order valence-corrected chi connectivity index (χ0v) is 18.4. The Hall–Kier alpha value is -2.50. The molecule has 0 aliphatic carbocycles. The monoisotopic (exact) mass is 425 g/mol. The van der Waals surface area contributed by atoms with Crippen LogP contribution in [0.15, 0.2) is 48.7 Å². The predicted octanol–water partition coefficient (Wildman–Crippen LogP) is 4.96. The maximum absolute atomic E-state index is 13.5. The number of carbonyl (C=O) groups is 1. The first-order chi connectivity index (χ1) is 14.5. The third-order valence-corrected chi connectivity index (χ3v) is 6.26. The molecule has 2 heterocycles. The Labute approximate surface area is 182 Å². The molecule has 2 aromatic carbocycles. The lowest BCUT2D eigenvalue weighted by Crippen LogP contribution is -2.57. The van der Waals surface area contributed by atoms with E-state index in [2.05, 4.69) is 29.8 Å². The normalized spacial score (nSPS) is 19.9. The van der Waals surface area contributed by atoms with Gasteiger partial charge < -0.3 is 14.6 Å². The molecular weight excluding hydrogens is 398 g/mol. The third kappa shape index (κ3) is 4.05. The van der Waals surface area contributed by atoms with Crippen molar-refractivity contribution < 1.29 is 9.53 Å². The molecule has 0 saturated carbocycles. The van der Waals surface area contributed by atoms with Crippen LogP contribution < -0.4 is 4.74 Å². The van der Waals surface area contributed by atoms with Crippen LogP contribution in [0.5, 0.6) is 5.75 Å². The van der Waals surface area contributed by atoms with Gasteiger partial charge in [-0.15, -0.1) is 0 Å². The zero-order chi connectivity index (χ0) is 21.3. The summed E-state index contributed by atoms with van der Waals surface area (Å²) in [5.74, 6) is 0.661. The fourth-order valence-corrected chi connectivity index (χ4v) is 4.42. The molecular formula is C24H28ClN3O2.